The van der Waals surface area contributed by atoms with E-state index >= 15 is 0 Å². The van der Waals surface area contributed by atoms with Crippen LogP contribution >= 0.6 is 0 Å². The minimum absolute atomic E-state index is 0.339. The number of nitrogens with two attached hydrogens (primary N) is 1. The Kier molecular flexibility index (Phi) is 6.33. The molecule has 0 radical (unpaired) electrons. The summed E-state index contributed by atoms with van der Waals surface area (Å²) in [6, 6.07) is 13.4. The minimum Gasteiger partial charge on any atom is -0.508 e. The van der Waals surface area contributed by atoms with E-state index in [1.165, 1.54) is 5.56 Å². The molecular weight excluding hydrogens is 326 g/mol. The maximum atomic E-state index is 9.65. The van der Waals surface area contributed by atoms with Gasteiger partial charge >= 0.3 is 0 Å². The molecule has 136 valence electrons. The summed E-state index contributed by atoms with van der Waals surface area (Å²) < 4.78 is 0. The lowest BCUT2D eigenvalue weighted by Gasteiger charge is -2.32. The minimum atomic E-state index is 0.339. The number of nitrogens with zero attached hydrogens (tertiary/aromatic N) is 4. The van der Waals surface area contributed by atoms with E-state index in [1.54, 1.807) is 18.5 Å². The molecule has 0 bridgehead atoms. The Balaban J connectivity index is 1.48. The molecule has 0 aliphatic carbocycles. The Morgan fingerprint density at radius 2 is 2.08 bits per heavy atom. The van der Waals surface area contributed by atoms with Gasteiger partial charge in [-0.2, -0.15) is 5.10 Å². The van der Waals surface area contributed by atoms with E-state index in [2.05, 4.69) is 26.0 Å². The van der Waals surface area contributed by atoms with Gasteiger partial charge in [-0.1, -0.05) is 18.2 Å². The molecule has 1 aliphatic rings. The van der Waals surface area contributed by atoms with E-state index in [0.29, 0.717) is 24.8 Å². The Labute approximate surface area is 154 Å². The molecule has 1 fully saturated rings. The standard InChI is InChI=1S/C20H25N5O/c21-24-19(14-22-13-18-5-1-2-9-23-18)15-25-10-7-16(8-11-25)17-4-3-6-20(26)12-17/h1-6,9,12,14,16,26H,7-8,10-11,13,15,21H2. The molecular formula is C20H25N5O. The quantitative estimate of drug-likeness (QED) is 0.476. The highest BCUT2D eigenvalue weighted by atomic mass is 16.3. The molecule has 0 amide bonds. The fraction of sp³-hybridized carbons (Fsp3) is 0.350. The van der Waals surface area contributed by atoms with Crippen molar-refractivity contribution in [2.24, 2.45) is 15.9 Å². The van der Waals surface area contributed by atoms with Gasteiger partial charge < -0.3 is 10.9 Å². The van der Waals surface area contributed by atoms with Gasteiger partial charge in [0.15, 0.2) is 0 Å². The summed E-state index contributed by atoms with van der Waals surface area (Å²) in [7, 11) is 0. The normalized spacial score (nSPS) is 17.0. The third kappa shape index (κ3) is 5.13. The maximum absolute atomic E-state index is 9.65. The van der Waals surface area contributed by atoms with Crippen LogP contribution in [0.2, 0.25) is 0 Å². The maximum Gasteiger partial charge on any atom is 0.115 e. The Morgan fingerprint density at radius 1 is 1.23 bits per heavy atom. The average Bonchev–Trinajstić information content (AvgIpc) is 2.68. The van der Waals surface area contributed by atoms with Crippen molar-refractivity contribution in [3.63, 3.8) is 0 Å². The molecule has 0 unspecified atom stereocenters. The van der Waals surface area contributed by atoms with Gasteiger partial charge in [-0.3, -0.25) is 14.9 Å². The van der Waals surface area contributed by atoms with Crippen LogP contribution in [0.5, 0.6) is 5.75 Å². The number of pyridine rings is 1. The molecule has 1 aromatic carbocycles. The fourth-order valence-electron chi connectivity index (χ4n) is 3.28. The smallest absolute Gasteiger partial charge is 0.115 e. The molecule has 0 atom stereocenters. The molecule has 2 aromatic rings. The first-order valence-corrected chi connectivity index (χ1v) is 8.92. The van der Waals surface area contributed by atoms with Gasteiger partial charge in [0.05, 0.1) is 18.0 Å². The van der Waals surface area contributed by atoms with Gasteiger partial charge in [0.1, 0.15) is 5.75 Å². The van der Waals surface area contributed by atoms with Gasteiger partial charge in [0, 0.05) is 19.0 Å². The fourth-order valence-corrected chi connectivity index (χ4v) is 3.28. The number of hydrogen-bond acceptors (Lipinski definition) is 6. The Morgan fingerprint density at radius 3 is 2.77 bits per heavy atom. The first kappa shape index (κ1) is 18.1. The van der Waals surface area contributed by atoms with Crippen LogP contribution in [0, 0.1) is 0 Å². The third-order valence-electron chi connectivity index (χ3n) is 4.70. The van der Waals surface area contributed by atoms with E-state index in [9.17, 15) is 5.11 Å². The van der Waals surface area contributed by atoms with E-state index in [0.717, 1.165) is 37.3 Å². The summed E-state index contributed by atoms with van der Waals surface area (Å²) in [4.78, 5) is 11.0. The summed E-state index contributed by atoms with van der Waals surface area (Å²) in [6.45, 7) is 3.19. The number of benzene rings is 1. The molecule has 1 aromatic heterocycles. The summed E-state index contributed by atoms with van der Waals surface area (Å²) in [5, 5.41) is 13.5. The van der Waals surface area contributed by atoms with E-state index < -0.39 is 0 Å². The summed E-state index contributed by atoms with van der Waals surface area (Å²) >= 11 is 0. The lowest BCUT2D eigenvalue weighted by Crippen LogP contribution is -2.37. The van der Waals surface area contributed by atoms with Crippen LogP contribution in [-0.2, 0) is 6.54 Å². The number of piperidine rings is 1. The third-order valence-corrected chi connectivity index (χ3v) is 4.70. The van der Waals surface area contributed by atoms with Crippen molar-refractivity contribution in [1.29, 1.82) is 0 Å². The number of phenols is 1. The number of rotatable bonds is 6. The largest absolute Gasteiger partial charge is 0.508 e. The van der Waals surface area contributed by atoms with Crippen LogP contribution in [0.3, 0.4) is 0 Å². The average molecular weight is 351 g/mol. The second kappa shape index (κ2) is 9.10. The van der Waals surface area contributed by atoms with Crippen molar-refractivity contribution in [3.05, 3.63) is 59.9 Å². The number of phenolic OH excluding ortho intramolecular Hbond substituents is 1. The SMILES string of the molecule is NN=C(C=NCc1ccccn1)CN1CCC(c2cccc(O)c2)CC1. The van der Waals surface area contributed by atoms with Crippen LogP contribution in [0.25, 0.3) is 0 Å². The first-order valence-electron chi connectivity index (χ1n) is 8.92. The van der Waals surface area contributed by atoms with Crippen LogP contribution < -0.4 is 5.84 Å². The molecule has 3 rings (SSSR count). The number of aromatic hydroxyl groups is 1. The van der Waals surface area contributed by atoms with Gasteiger partial charge in [-0.05, 0) is 61.7 Å². The summed E-state index contributed by atoms with van der Waals surface area (Å²) in [5.74, 6) is 6.37. The molecule has 0 saturated carbocycles. The second-order valence-electron chi connectivity index (χ2n) is 6.56. The second-order valence-corrected chi connectivity index (χ2v) is 6.56. The number of hydrazone groups is 1. The highest BCUT2D eigenvalue weighted by Crippen LogP contribution is 2.29. The lowest BCUT2D eigenvalue weighted by atomic mass is 9.89. The number of aromatic nitrogens is 1. The number of likely N-dealkylation sites (tertiary alicyclic amines) is 1. The molecule has 1 aliphatic heterocycles. The van der Waals surface area contributed by atoms with E-state index in [-0.39, 0.29) is 0 Å². The van der Waals surface area contributed by atoms with Crippen LogP contribution in [0.1, 0.15) is 30.0 Å². The first-order chi connectivity index (χ1) is 12.7. The molecule has 3 N–H and O–H groups in total. The van der Waals surface area contributed by atoms with Crippen LogP contribution in [-0.4, -0.2) is 46.6 Å². The van der Waals surface area contributed by atoms with Crippen molar-refractivity contribution in [1.82, 2.24) is 9.88 Å². The van der Waals surface area contributed by atoms with Crippen molar-refractivity contribution >= 4 is 11.9 Å². The van der Waals surface area contributed by atoms with Gasteiger partial charge in [0.2, 0.25) is 0 Å². The molecule has 1 saturated heterocycles. The predicted octanol–water partition coefficient (Wildman–Crippen LogP) is 2.55. The predicted molar refractivity (Wildman–Crippen MR) is 105 cm³/mol. The highest BCUT2D eigenvalue weighted by molar-refractivity contribution is 6.31. The van der Waals surface area contributed by atoms with Gasteiger partial charge in [-0.25, -0.2) is 0 Å². The van der Waals surface area contributed by atoms with E-state index in [1.807, 2.05) is 30.3 Å². The summed E-state index contributed by atoms with van der Waals surface area (Å²) in [6.07, 6.45) is 5.63. The number of aliphatic imine (C=N–C) groups is 1. The Hall–Kier alpha value is -2.73. The Bertz CT molecular complexity index is 752. The molecule has 0 spiro atoms. The van der Waals surface area contributed by atoms with Crippen LogP contribution in [0.4, 0.5) is 0 Å². The molecule has 6 nitrogen and oxygen atoms in total. The molecule has 6 heteroatoms. The van der Waals surface area contributed by atoms with E-state index in [4.69, 9.17) is 5.84 Å². The zero-order valence-corrected chi connectivity index (χ0v) is 14.8. The van der Waals surface area contributed by atoms with Crippen molar-refractivity contribution < 1.29 is 5.11 Å². The molecule has 26 heavy (non-hydrogen) atoms. The topological polar surface area (TPSA) is 87.1 Å². The highest BCUT2D eigenvalue weighted by Gasteiger charge is 2.21. The lowest BCUT2D eigenvalue weighted by molar-refractivity contribution is 0.239. The van der Waals surface area contributed by atoms with Gasteiger partial charge in [0.25, 0.3) is 0 Å². The zero-order valence-electron chi connectivity index (χ0n) is 14.8. The van der Waals surface area contributed by atoms with Crippen LogP contribution in [0.15, 0.2) is 58.8 Å². The van der Waals surface area contributed by atoms with Crippen molar-refractivity contribution in [2.75, 3.05) is 19.6 Å². The zero-order chi connectivity index (χ0) is 18.2. The monoisotopic (exact) mass is 351 g/mol. The molecule has 2 heterocycles. The van der Waals surface area contributed by atoms with Crippen molar-refractivity contribution in [2.45, 2.75) is 25.3 Å². The summed E-state index contributed by atoms with van der Waals surface area (Å²) in [5.41, 5.74) is 2.91. The van der Waals surface area contributed by atoms with Crippen molar-refractivity contribution in [3.8, 4) is 5.75 Å². The van der Waals surface area contributed by atoms with Gasteiger partial charge in [-0.15, -0.1) is 0 Å². The number of hydrogen-bond donors (Lipinski definition) is 2.